The molecule has 34 heavy (non-hydrogen) atoms. The zero-order valence-electron chi connectivity index (χ0n) is 20.3. The van der Waals surface area contributed by atoms with Crippen LogP contribution < -0.4 is 5.73 Å². The summed E-state index contributed by atoms with van der Waals surface area (Å²) in [5.41, 5.74) is 3.98. The first-order chi connectivity index (χ1) is 16.0. The van der Waals surface area contributed by atoms with E-state index in [1.165, 1.54) is 0 Å². The number of benzene rings is 1. The number of aromatic nitrogens is 1. The van der Waals surface area contributed by atoms with Gasteiger partial charge in [0.1, 0.15) is 11.1 Å². The molecule has 1 aromatic carbocycles. The number of ether oxygens (including phenoxy) is 3. The zero-order chi connectivity index (χ0) is 24.9. The van der Waals surface area contributed by atoms with Crippen molar-refractivity contribution in [3.05, 3.63) is 30.2 Å². The van der Waals surface area contributed by atoms with Crippen molar-refractivity contribution < 1.29 is 33.0 Å². The second kappa shape index (κ2) is 8.37. The Balaban J connectivity index is 1.76. The fourth-order valence-electron chi connectivity index (χ4n) is 5.57. The van der Waals surface area contributed by atoms with Gasteiger partial charge in [-0.3, -0.25) is 14.4 Å². The summed E-state index contributed by atoms with van der Waals surface area (Å²) < 4.78 is 22.2. The molecule has 2 aromatic rings. The standard InChI is InChI=1S/C25H32N2O7/c1-6-31-20(28)19-18-14(12-17-27-15-10-8-9-11-16(15)33-17)13-24(25(18,19)26,21(29)32-7-2)22(30)34-23(3,4)5/h8-11,14,18-19H,6-7,12-13,26H2,1-5H3. The number of rotatable bonds is 7. The normalized spacial score (nSPS) is 30.0. The van der Waals surface area contributed by atoms with Crippen molar-refractivity contribution in [2.24, 2.45) is 28.9 Å². The molecule has 5 unspecified atom stereocenters. The van der Waals surface area contributed by atoms with Crippen molar-refractivity contribution in [3.8, 4) is 0 Å². The minimum Gasteiger partial charge on any atom is -0.466 e. The number of hydrogen-bond acceptors (Lipinski definition) is 9. The van der Waals surface area contributed by atoms with E-state index in [1.54, 1.807) is 34.6 Å². The van der Waals surface area contributed by atoms with Gasteiger partial charge in [0.05, 0.1) is 24.7 Å². The summed E-state index contributed by atoms with van der Waals surface area (Å²) in [5, 5.41) is 0. The number of carbonyl (C=O) groups is 3. The summed E-state index contributed by atoms with van der Waals surface area (Å²) in [4.78, 5) is 44.4. The molecule has 9 heteroatoms. The summed E-state index contributed by atoms with van der Waals surface area (Å²) >= 11 is 0. The molecule has 184 valence electrons. The molecule has 0 radical (unpaired) electrons. The number of oxazole rings is 1. The van der Waals surface area contributed by atoms with Crippen molar-refractivity contribution in [2.45, 2.75) is 58.6 Å². The molecule has 2 aliphatic rings. The van der Waals surface area contributed by atoms with E-state index < -0.39 is 46.3 Å². The molecule has 1 heterocycles. The van der Waals surface area contributed by atoms with E-state index in [0.717, 1.165) is 0 Å². The number of carbonyl (C=O) groups excluding carboxylic acids is 3. The van der Waals surface area contributed by atoms with Gasteiger partial charge in [-0.1, -0.05) is 12.1 Å². The summed E-state index contributed by atoms with van der Waals surface area (Å²) in [6, 6.07) is 7.37. The van der Waals surface area contributed by atoms with Crippen molar-refractivity contribution in [1.29, 1.82) is 0 Å². The number of fused-ring (bicyclic) bond motifs is 2. The molecule has 9 nitrogen and oxygen atoms in total. The molecule has 2 N–H and O–H groups in total. The van der Waals surface area contributed by atoms with Gasteiger partial charge < -0.3 is 24.4 Å². The lowest BCUT2D eigenvalue weighted by molar-refractivity contribution is -0.183. The minimum absolute atomic E-state index is 0.0595. The Morgan fingerprint density at radius 2 is 1.79 bits per heavy atom. The molecule has 0 amide bonds. The summed E-state index contributed by atoms with van der Waals surface area (Å²) in [5.74, 6) is -3.31. The SMILES string of the molecule is CCOC(=O)C1C2C(Cc3nc4ccccc4o3)CC(C(=O)OCC)(C(=O)OC(C)(C)C)C12N. The molecule has 0 bridgehead atoms. The fraction of sp³-hybridized carbons (Fsp3) is 0.600. The molecule has 4 rings (SSSR count). The van der Waals surface area contributed by atoms with Gasteiger partial charge >= 0.3 is 17.9 Å². The number of para-hydroxylation sites is 2. The van der Waals surface area contributed by atoms with E-state index in [2.05, 4.69) is 4.98 Å². The Hall–Kier alpha value is -2.94. The molecule has 1 aromatic heterocycles. The highest BCUT2D eigenvalue weighted by Crippen LogP contribution is 2.71. The number of esters is 3. The van der Waals surface area contributed by atoms with Gasteiger partial charge in [-0.25, -0.2) is 4.98 Å². The van der Waals surface area contributed by atoms with E-state index >= 15 is 0 Å². The van der Waals surface area contributed by atoms with Crippen molar-refractivity contribution in [2.75, 3.05) is 13.2 Å². The monoisotopic (exact) mass is 472 g/mol. The molecule has 5 atom stereocenters. The van der Waals surface area contributed by atoms with Crippen LogP contribution >= 0.6 is 0 Å². The molecular weight excluding hydrogens is 440 g/mol. The third kappa shape index (κ3) is 3.66. The van der Waals surface area contributed by atoms with E-state index in [1.807, 2.05) is 24.3 Å². The van der Waals surface area contributed by atoms with Gasteiger partial charge in [-0.2, -0.15) is 0 Å². The predicted octanol–water partition coefficient (Wildman–Crippen LogP) is 2.79. The Kier molecular flexibility index (Phi) is 5.96. The summed E-state index contributed by atoms with van der Waals surface area (Å²) in [7, 11) is 0. The number of nitrogens with zero attached hydrogens (tertiary/aromatic N) is 1. The van der Waals surface area contributed by atoms with E-state index in [-0.39, 0.29) is 25.6 Å². The van der Waals surface area contributed by atoms with Crippen LogP contribution in [0.1, 0.15) is 46.9 Å². The van der Waals surface area contributed by atoms with E-state index in [9.17, 15) is 14.4 Å². The van der Waals surface area contributed by atoms with E-state index in [4.69, 9.17) is 24.4 Å². The number of nitrogens with two attached hydrogens (primary N) is 1. The summed E-state index contributed by atoms with van der Waals surface area (Å²) in [6.45, 7) is 8.71. The fourth-order valence-corrected chi connectivity index (χ4v) is 5.57. The van der Waals surface area contributed by atoms with Gasteiger partial charge in [0.25, 0.3) is 0 Å². The first kappa shape index (κ1) is 24.2. The van der Waals surface area contributed by atoms with Crippen molar-refractivity contribution in [1.82, 2.24) is 4.98 Å². The van der Waals surface area contributed by atoms with Crippen LogP contribution in [0.3, 0.4) is 0 Å². The Morgan fingerprint density at radius 1 is 1.12 bits per heavy atom. The second-order valence-electron chi connectivity index (χ2n) is 10.1. The lowest BCUT2D eigenvalue weighted by Crippen LogP contribution is -2.58. The summed E-state index contributed by atoms with van der Waals surface area (Å²) in [6.07, 6.45) is 0.370. The smallest absolute Gasteiger partial charge is 0.325 e. The van der Waals surface area contributed by atoms with E-state index in [0.29, 0.717) is 23.4 Å². The molecule has 0 spiro atoms. The third-order valence-electron chi connectivity index (χ3n) is 6.82. The maximum atomic E-state index is 13.6. The second-order valence-corrected chi connectivity index (χ2v) is 10.1. The van der Waals surface area contributed by atoms with Crippen molar-refractivity contribution in [3.63, 3.8) is 0 Å². The first-order valence-corrected chi connectivity index (χ1v) is 11.7. The van der Waals surface area contributed by atoms with Gasteiger partial charge in [0, 0.05) is 6.42 Å². The van der Waals surface area contributed by atoms with Crippen LogP contribution in [0.25, 0.3) is 11.1 Å². The van der Waals surface area contributed by atoms with Crippen LogP contribution in [0.4, 0.5) is 0 Å². The molecule has 2 aliphatic carbocycles. The Morgan fingerprint density at radius 3 is 2.41 bits per heavy atom. The van der Waals surface area contributed by atoms with Crippen LogP contribution in [-0.2, 0) is 35.0 Å². The highest BCUT2D eigenvalue weighted by atomic mass is 16.6. The predicted molar refractivity (Wildman–Crippen MR) is 121 cm³/mol. The van der Waals surface area contributed by atoms with Gasteiger partial charge in [0.2, 0.25) is 0 Å². The lowest BCUT2D eigenvalue weighted by atomic mass is 9.74. The van der Waals surface area contributed by atoms with Gasteiger partial charge in [0.15, 0.2) is 16.9 Å². The molecule has 2 fully saturated rings. The quantitative estimate of drug-likeness (QED) is 0.367. The maximum Gasteiger partial charge on any atom is 0.325 e. The molecule has 2 saturated carbocycles. The number of hydrogen-bond donors (Lipinski definition) is 1. The third-order valence-corrected chi connectivity index (χ3v) is 6.82. The van der Waals surface area contributed by atoms with Crippen LogP contribution in [0.15, 0.2) is 28.7 Å². The largest absolute Gasteiger partial charge is 0.466 e. The highest BCUT2D eigenvalue weighted by molar-refractivity contribution is 6.05. The van der Waals surface area contributed by atoms with Crippen LogP contribution in [0.2, 0.25) is 0 Å². The molecule has 0 saturated heterocycles. The van der Waals surface area contributed by atoms with Crippen LogP contribution in [0.5, 0.6) is 0 Å². The average molecular weight is 473 g/mol. The topological polar surface area (TPSA) is 131 Å². The van der Waals surface area contributed by atoms with Crippen LogP contribution in [0, 0.1) is 23.2 Å². The van der Waals surface area contributed by atoms with Gasteiger partial charge in [-0.15, -0.1) is 0 Å². The lowest BCUT2D eigenvalue weighted by Gasteiger charge is -2.35. The first-order valence-electron chi connectivity index (χ1n) is 11.7. The zero-order valence-corrected chi connectivity index (χ0v) is 20.3. The van der Waals surface area contributed by atoms with Crippen LogP contribution in [-0.4, -0.2) is 47.2 Å². The molecule has 0 aliphatic heterocycles. The molecular formula is C25H32N2O7. The van der Waals surface area contributed by atoms with Crippen molar-refractivity contribution >= 4 is 29.0 Å². The Bertz CT molecular complexity index is 1090. The highest BCUT2D eigenvalue weighted by Gasteiger charge is 2.87. The maximum absolute atomic E-state index is 13.6. The minimum atomic E-state index is -1.84. The Labute approximate surface area is 198 Å². The van der Waals surface area contributed by atoms with Gasteiger partial charge in [-0.05, 0) is 65.0 Å². The average Bonchev–Trinajstić information content (AvgIpc) is 3.06.